The first-order valence-electron chi connectivity index (χ1n) is 5.91. The van der Waals surface area contributed by atoms with E-state index in [-0.39, 0.29) is 5.41 Å². The minimum absolute atomic E-state index is 0.146. The highest BCUT2D eigenvalue weighted by atomic mass is 16.1. The largest absolute Gasteiger partial charge is 0.356 e. The Kier molecular flexibility index (Phi) is 3.65. The van der Waals surface area contributed by atoms with Crippen LogP contribution in [0, 0.1) is 12.3 Å². The van der Waals surface area contributed by atoms with E-state index >= 15 is 0 Å². The van der Waals surface area contributed by atoms with E-state index in [2.05, 4.69) is 37.7 Å². The summed E-state index contributed by atoms with van der Waals surface area (Å²) in [4.78, 5) is 13.3. The van der Waals surface area contributed by atoms with Crippen LogP contribution in [-0.4, -0.2) is 29.2 Å². The predicted molar refractivity (Wildman–Crippen MR) is 70.7 cm³/mol. The molecule has 1 rings (SSSR count). The van der Waals surface area contributed by atoms with E-state index < -0.39 is 0 Å². The Morgan fingerprint density at radius 1 is 1.41 bits per heavy atom. The van der Waals surface area contributed by atoms with Gasteiger partial charge in [-0.1, -0.05) is 20.8 Å². The van der Waals surface area contributed by atoms with Crippen LogP contribution >= 0.6 is 0 Å². The van der Waals surface area contributed by atoms with Gasteiger partial charge in [-0.25, -0.2) is 0 Å². The fourth-order valence-electron chi connectivity index (χ4n) is 1.98. The number of carbonyl (C=O) groups is 1. The third-order valence-corrected chi connectivity index (χ3v) is 3.52. The smallest absolute Gasteiger partial charge is 0.155 e. The number of aryl methyl sites for hydroxylation is 2. The summed E-state index contributed by atoms with van der Waals surface area (Å²) in [5, 5.41) is 4.31. The summed E-state index contributed by atoms with van der Waals surface area (Å²) < 4.78 is 1.78. The molecule has 0 amide bonds. The van der Waals surface area contributed by atoms with Gasteiger partial charge in [-0.3, -0.25) is 9.48 Å². The van der Waals surface area contributed by atoms with Crippen molar-refractivity contribution in [2.24, 2.45) is 12.5 Å². The Morgan fingerprint density at radius 3 is 2.35 bits per heavy atom. The molecule has 0 aromatic carbocycles. The second kappa shape index (κ2) is 4.51. The highest BCUT2D eigenvalue weighted by Crippen LogP contribution is 2.29. The maximum absolute atomic E-state index is 11.2. The molecule has 0 aliphatic heterocycles. The lowest BCUT2D eigenvalue weighted by atomic mass is 9.87. The van der Waals surface area contributed by atoms with Crippen LogP contribution in [-0.2, 0) is 7.05 Å². The van der Waals surface area contributed by atoms with Gasteiger partial charge in [0, 0.05) is 20.1 Å². The average molecular weight is 237 g/mol. The minimum atomic E-state index is 0.146. The van der Waals surface area contributed by atoms with Gasteiger partial charge in [0.25, 0.3) is 0 Å². The van der Waals surface area contributed by atoms with Crippen molar-refractivity contribution in [1.29, 1.82) is 0 Å². The highest BCUT2D eigenvalue weighted by Gasteiger charge is 2.27. The zero-order chi connectivity index (χ0) is 13.4. The summed E-state index contributed by atoms with van der Waals surface area (Å²) in [6, 6.07) is 0.316. The van der Waals surface area contributed by atoms with Crippen molar-refractivity contribution >= 4 is 12.1 Å². The number of hydrogen-bond acceptors (Lipinski definition) is 3. The van der Waals surface area contributed by atoms with Crippen molar-refractivity contribution in [2.45, 2.75) is 40.7 Å². The zero-order valence-electron chi connectivity index (χ0n) is 11.9. The summed E-state index contributed by atoms with van der Waals surface area (Å²) in [6.07, 6.45) is 0.892. The number of carbonyl (C=O) groups excluding carboxylic acids is 1. The molecule has 0 saturated heterocycles. The molecule has 0 spiro atoms. The number of anilines is 1. The lowest BCUT2D eigenvalue weighted by Crippen LogP contribution is -2.40. The molecule has 0 saturated carbocycles. The molecule has 0 radical (unpaired) electrons. The Balaban J connectivity index is 3.20. The van der Waals surface area contributed by atoms with Crippen molar-refractivity contribution in [3.8, 4) is 0 Å². The predicted octanol–water partition coefficient (Wildman–Crippen LogP) is 2.41. The molecule has 0 aliphatic rings. The Labute approximate surface area is 104 Å². The number of rotatable bonds is 3. The molecule has 0 fully saturated rings. The first kappa shape index (κ1) is 13.7. The Bertz CT molecular complexity index is 415. The van der Waals surface area contributed by atoms with Crippen molar-refractivity contribution in [2.75, 3.05) is 11.9 Å². The third kappa shape index (κ3) is 2.51. The van der Waals surface area contributed by atoms with Crippen LogP contribution in [0.2, 0.25) is 0 Å². The molecule has 1 unspecified atom stereocenters. The van der Waals surface area contributed by atoms with Gasteiger partial charge in [0.1, 0.15) is 5.82 Å². The van der Waals surface area contributed by atoms with Gasteiger partial charge in [0.15, 0.2) is 6.29 Å². The molecule has 1 heterocycles. The number of aldehydes is 1. The number of aromatic nitrogens is 2. The monoisotopic (exact) mass is 237 g/mol. The van der Waals surface area contributed by atoms with E-state index in [1.807, 2.05) is 21.0 Å². The van der Waals surface area contributed by atoms with Crippen LogP contribution < -0.4 is 4.90 Å². The van der Waals surface area contributed by atoms with E-state index in [0.717, 1.165) is 17.8 Å². The molecular formula is C13H23N3O. The summed E-state index contributed by atoms with van der Waals surface area (Å²) >= 11 is 0. The number of hydrogen-bond donors (Lipinski definition) is 0. The second-order valence-corrected chi connectivity index (χ2v) is 5.72. The molecule has 96 valence electrons. The van der Waals surface area contributed by atoms with Gasteiger partial charge in [-0.05, 0) is 19.3 Å². The van der Waals surface area contributed by atoms with Gasteiger partial charge in [-0.15, -0.1) is 0 Å². The first-order valence-corrected chi connectivity index (χ1v) is 5.91. The third-order valence-electron chi connectivity index (χ3n) is 3.52. The molecule has 17 heavy (non-hydrogen) atoms. The maximum atomic E-state index is 11.2. The van der Waals surface area contributed by atoms with E-state index in [0.29, 0.717) is 11.6 Å². The van der Waals surface area contributed by atoms with Crippen molar-refractivity contribution in [3.05, 3.63) is 11.3 Å². The quantitative estimate of drug-likeness (QED) is 0.758. The Hall–Kier alpha value is -1.32. The van der Waals surface area contributed by atoms with Crippen LogP contribution in [0.25, 0.3) is 0 Å². The SMILES string of the molecule is Cc1nn(C)c(N(C)C(C)C(C)(C)C)c1C=O. The summed E-state index contributed by atoms with van der Waals surface area (Å²) in [7, 11) is 3.89. The molecule has 0 bridgehead atoms. The highest BCUT2D eigenvalue weighted by molar-refractivity contribution is 5.84. The molecule has 0 aliphatic carbocycles. The average Bonchev–Trinajstić information content (AvgIpc) is 2.49. The first-order chi connectivity index (χ1) is 7.70. The van der Waals surface area contributed by atoms with E-state index in [9.17, 15) is 4.79 Å². The lowest BCUT2D eigenvalue weighted by Gasteiger charge is -2.36. The molecule has 1 atom stereocenters. The molecule has 1 aromatic rings. The van der Waals surface area contributed by atoms with E-state index in [4.69, 9.17) is 0 Å². The standard InChI is InChI=1S/C13H23N3O/c1-9-11(8-17)12(16(7)14-9)15(6)10(2)13(3,4)5/h8,10H,1-7H3. The fourth-order valence-corrected chi connectivity index (χ4v) is 1.98. The van der Waals surface area contributed by atoms with Crippen LogP contribution in [0.5, 0.6) is 0 Å². The fraction of sp³-hybridized carbons (Fsp3) is 0.692. The van der Waals surface area contributed by atoms with E-state index in [1.165, 1.54) is 0 Å². The van der Waals surface area contributed by atoms with Crippen molar-refractivity contribution < 1.29 is 4.79 Å². The normalized spacial score (nSPS) is 13.6. The Morgan fingerprint density at radius 2 is 1.94 bits per heavy atom. The topological polar surface area (TPSA) is 38.1 Å². The molecule has 4 heteroatoms. The summed E-state index contributed by atoms with van der Waals surface area (Å²) in [5.74, 6) is 0.889. The molecular weight excluding hydrogens is 214 g/mol. The summed E-state index contributed by atoms with van der Waals surface area (Å²) in [6.45, 7) is 10.6. The van der Waals surface area contributed by atoms with Crippen molar-refractivity contribution in [1.82, 2.24) is 9.78 Å². The summed E-state index contributed by atoms with van der Waals surface area (Å²) in [5.41, 5.74) is 1.61. The van der Waals surface area contributed by atoms with Crippen LogP contribution in [0.15, 0.2) is 0 Å². The van der Waals surface area contributed by atoms with Crippen LogP contribution in [0.3, 0.4) is 0 Å². The van der Waals surface area contributed by atoms with Gasteiger partial charge in [0.2, 0.25) is 0 Å². The maximum Gasteiger partial charge on any atom is 0.155 e. The molecule has 0 N–H and O–H groups in total. The van der Waals surface area contributed by atoms with Crippen LogP contribution in [0.1, 0.15) is 43.7 Å². The van der Waals surface area contributed by atoms with Gasteiger partial charge < -0.3 is 4.90 Å². The zero-order valence-corrected chi connectivity index (χ0v) is 11.9. The van der Waals surface area contributed by atoms with Gasteiger partial charge in [0.05, 0.1) is 11.3 Å². The number of nitrogens with zero attached hydrogens (tertiary/aromatic N) is 3. The van der Waals surface area contributed by atoms with Crippen molar-refractivity contribution in [3.63, 3.8) is 0 Å². The second-order valence-electron chi connectivity index (χ2n) is 5.72. The molecule has 4 nitrogen and oxygen atoms in total. The van der Waals surface area contributed by atoms with Gasteiger partial charge >= 0.3 is 0 Å². The lowest BCUT2D eigenvalue weighted by molar-refractivity contribution is 0.112. The minimum Gasteiger partial charge on any atom is -0.356 e. The van der Waals surface area contributed by atoms with E-state index in [1.54, 1.807) is 4.68 Å². The van der Waals surface area contributed by atoms with Gasteiger partial charge in [-0.2, -0.15) is 5.10 Å². The molecule has 1 aromatic heterocycles. The van der Waals surface area contributed by atoms with Crippen LogP contribution in [0.4, 0.5) is 5.82 Å².